The fourth-order valence-corrected chi connectivity index (χ4v) is 2.89. The fourth-order valence-electron chi connectivity index (χ4n) is 1.56. The Balaban J connectivity index is 2.24. The van der Waals surface area contributed by atoms with Gasteiger partial charge < -0.3 is 15.0 Å². The Morgan fingerprint density at radius 2 is 2.24 bits per heavy atom. The van der Waals surface area contributed by atoms with E-state index in [1.54, 1.807) is 7.11 Å². The van der Waals surface area contributed by atoms with Crippen LogP contribution in [0.5, 0.6) is 0 Å². The average molecular weight is 259 g/mol. The molecule has 0 bridgehead atoms. The molecule has 1 aliphatic heterocycles. The summed E-state index contributed by atoms with van der Waals surface area (Å²) in [4.78, 5) is 6.86. The first-order chi connectivity index (χ1) is 8.03. The summed E-state index contributed by atoms with van der Waals surface area (Å²) >= 11 is 1.83. The van der Waals surface area contributed by atoms with Gasteiger partial charge in [0.1, 0.15) is 0 Å². The third-order valence-electron chi connectivity index (χ3n) is 2.83. The van der Waals surface area contributed by atoms with Crippen LogP contribution in [0, 0.1) is 0 Å². The van der Waals surface area contributed by atoms with Crippen LogP contribution in [-0.4, -0.2) is 61.8 Å². The van der Waals surface area contributed by atoms with Gasteiger partial charge in [-0.1, -0.05) is 11.8 Å². The van der Waals surface area contributed by atoms with Crippen LogP contribution in [0.2, 0.25) is 0 Å². The second kappa shape index (κ2) is 7.24. The van der Waals surface area contributed by atoms with E-state index in [2.05, 4.69) is 36.1 Å². The molecule has 100 valence electrons. The number of likely N-dealkylation sites (N-methyl/N-ethyl adjacent to an activating group) is 1. The lowest BCUT2D eigenvalue weighted by Crippen LogP contribution is -2.46. The van der Waals surface area contributed by atoms with Gasteiger partial charge in [0.15, 0.2) is 5.17 Å². The maximum atomic E-state index is 5.04. The van der Waals surface area contributed by atoms with E-state index in [0.29, 0.717) is 0 Å². The summed E-state index contributed by atoms with van der Waals surface area (Å²) in [6, 6.07) is 0. The standard InChI is InChI=1S/C12H25N3OS/c1-12(2)5-10-17-11(14-12)13-6-7-15(3)8-9-16-4/h5-10H2,1-4H3,(H,13,14). The highest BCUT2D eigenvalue weighted by Crippen LogP contribution is 2.21. The predicted octanol–water partition coefficient (Wildman–Crippen LogP) is 1.43. The zero-order valence-electron chi connectivity index (χ0n) is 11.5. The fraction of sp³-hybridized carbons (Fsp3) is 0.917. The van der Waals surface area contributed by atoms with Crippen LogP contribution in [-0.2, 0) is 4.74 Å². The first kappa shape index (κ1) is 14.8. The highest BCUT2D eigenvalue weighted by atomic mass is 32.2. The third-order valence-corrected chi connectivity index (χ3v) is 3.74. The zero-order chi connectivity index (χ0) is 12.7. The highest BCUT2D eigenvalue weighted by Gasteiger charge is 2.23. The van der Waals surface area contributed by atoms with Gasteiger partial charge in [0, 0.05) is 31.5 Å². The maximum Gasteiger partial charge on any atom is 0.157 e. The summed E-state index contributed by atoms with van der Waals surface area (Å²) < 4.78 is 5.04. The van der Waals surface area contributed by atoms with E-state index in [0.717, 1.165) is 31.4 Å². The molecule has 0 aromatic rings. The summed E-state index contributed by atoms with van der Waals surface area (Å²) in [5.41, 5.74) is 0.200. The average Bonchev–Trinajstić information content (AvgIpc) is 2.25. The number of aliphatic imine (C=N–C) groups is 1. The molecule has 0 radical (unpaired) electrons. The zero-order valence-corrected chi connectivity index (χ0v) is 12.3. The van der Waals surface area contributed by atoms with E-state index >= 15 is 0 Å². The molecule has 1 saturated heterocycles. The topological polar surface area (TPSA) is 36.9 Å². The number of hydrogen-bond donors (Lipinski definition) is 1. The SMILES string of the molecule is COCCN(C)CCN=C1NC(C)(C)CCS1. The van der Waals surface area contributed by atoms with Crippen molar-refractivity contribution in [2.24, 2.45) is 4.99 Å². The largest absolute Gasteiger partial charge is 0.383 e. The molecule has 1 fully saturated rings. The summed E-state index contributed by atoms with van der Waals surface area (Å²) in [6.07, 6.45) is 1.20. The Hall–Kier alpha value is -0.260. The van der Waals surface area contributed by atoms with Gasteiger partial charge in [-0.2, -0.15) is 0 Å². The molecule has 1 N–H and O–H groups in total. The normalized spacial score (nSPS) is 21.8. The summed E-state index contributed by atoms with van der Waals surface area (Å²) in [7, 11) is 3.84. The van der Waals surface area contributed by atoms with E-state index in [4.69, 9.17) is 4.74 Å². The number of methoxy groups -OCH3 is 1. The van der Waals surface area contributed by atoms with Gasteiger partial charge in [-0.25, -0.2) is 0 Å². The Labute approximate surface area is 109 Å². The van der Waals surface area contributed by atoms with Crippen molar-refractivity contribution in [1.29, 1.82) is 0 Å². The predicted molar refractivity (Wildman–Crippen MR) is 76.0 cm³/mol. The second-order valence-corrected chi connectivity index (χ2v) is 6.17. The summed E-state index contributed by atoms with van der Waals surface area (Å²) in [6.45, 7) is 8.04. The van der Waals surface area contributed by atoms with Gasteiger partial charge in [0.05, 0.1) is 13.2 Å². The molecule has 1 heterocycles. The molecule has 5 heteroatoms. The summed E-state index contributed by atoms with van der Waals surface area (Å²) in [5, 5.41) is 4.58. The lowest BCUT2D eigenvalue weighted by molar-refractivity contribution is 0.163. The Bertz CT molecular complexity index is 256. The van der Waals surface area contributed by atoms with E-state index in [-0.39, 0.29) is 5.54 Å². The molecule has 0 unspecified atom stereocenters. The second-order valence-electron chi connectivity index (χ2n) is 5.09. The van der Waals surface area contributed by atoms with Gasteiger partial charge in [0.25, 0.3) is 0 Å². The van der Waals surface area contributed by atoms with Gasteiger partial charge in [-0.3, -0.25) is 4.99 Å². The summed E-state index contributed by atoms with van der Waals surface area (Å²) in [5.74, 6) is 1.17. The molecule has 0 aliphatic carbocycles. The highest BCUT2D eigenvalue weighted by molar-refractivity contribution is 8.13. The third kappa shape index (κ3) is 6.29. The minimum atomic E-state index is 0.200. The molecule has 0 aromatic heterocycles. The maximum absolute atomic E-state index is 5.04. The number of ether oxygens (including phenoxy) is 1. The first-order valence-corrected chi connectivity index (χ1v) is 7.15. The van der Waals surface area contributed by atoms with E-state index in [1.165, 1.54) is 12.2 Å². The Kier molecular flexibility index (Phi) is 6.30. The van der Waals surface area contributed by atoms with Gasteiger partial charge in [-0.15, -0.1) is 0 Å². The van der Waals surface area contributed by atoms with E-state index in [1.807, 2.05) is 11.8 Å². The van der Waals surface area contributed by atoms with Crippen molar-refractivity contribution in [1.82, 2.24) is 10.2 Å². The quantitative estimate of drug-likeness (QED) is 0.783. The lowest BCUT2D eigenvalue weighted by Gasteiger charge is -2.32. The minimum Gasteiger partial charge on any atom is -0.383 e. The Morgan fingerprint density at radius 1 is 1.47 bits per heavy atom. The van der Waals surface area contributed by atoms with Gasteiger partial charge >= 0.3 is 0 Å². The van der Waals surface area contributed by atoms with Crippen molar-refractivity contribution in [2.75, 3.05) is 46.2 Å². The lowest BCUT2D eigenvalue weighted by atomic mass is 10.0. The molecule has 0 atom stereocenters. The number of hydrogen-bond acceptors (Lipinski definition) is 4. The monoisotopic (exact) mass is 259 g/mol. The number of nitrogens with zero attached hydrogens (tertiary/aromatic N) is 2. The van der Waals surface area contributed by atoms with Crippen molar-refractivity contribution >= 4 is 16.9 Å². The number of thioether (sulfide) groups is 1. The van der Waals surface area contributed by atoms with Crippen LogP contribution in [0.1, 0.15) is 20.3 Å². The smallest absolute Gasteiger partial charge is 0.157 e. The molecule has 0 spiro atoms. The molecular weight excluding hydrogens is 234 g/mol. The van der Waals surface area contributed by atoms with Crippen molar-refractivity contribution in [2.45, 2.75) is 25.8 Å². The molecule has 17 heavy (non-hydrogen) atoms. The molecule has 0 saturated carbocycles. The van der Waals surface area contributed by atoms with E-state index < -0.39 is 0 Å². The number of amidine groups is 1. The van der Waals surface area contributed by atoms with Crippen LogP contribution < -0.4 is 5.32 Å². The van der Waals surface area contributed by atoms with Gasteiger partial charge in [-0.05, 0) is 27.3 Å². The molecule has 1 rings (SSSR count). The minimum absolute atomic E-state index is 0.200. The molecular formula is C12H25N3OS. The van der Waals surface area contributed by atoms with Crippen LogP contribution in [0.25, 0.3) is 0 Å². The van der Waals surface area contributed by atoms with Crippen LogP contribution in [0.3, 0.4) is 0 Å². The molecule has 0 amide bonds. The molecule has 0 aromatic carbocycles. The number of rotatable bonds is 6. The van der Waals surface area contributed by atoms with Crippen molar-refractivity contribution < 1.29 is 4.74 Å². The Morgan fingerprint density at radius 3 is 2.88 bits per heavy atom. The molecule has 1 aliphatic rings. The van der Waals surface area contributed by atoms with Crippen molar-refractivity contribution in [3.63, 3.8) is 0 Å². The number of nitrogens with one attached hydrogen (secondary N) is 1. The van der Waals surface area contributed by atoms with Gasteiger partial charge in [0.2, 0.25) is 0 Å². The van der Waals surface area contributed by atoms with Crippen LogP contribution in [0.15, 0.2) is 4.99 Å². The van der Waals surface area contributed by atoms with Crippen LogP contribution >= 0.6 is 11.8 Å². The van der Waals surface area contributed by atoms with Crippen molar-refractivity contribution in [3.05, 3.63) is 0 Å². The molecule has 4 nitrogen and oxygen atoms in total. The first-order valence-electron chi connectivity index (χ1n) is 6.16. The van der Waals surface area contributed by atoms with E-state index in [9.17, 15) is 0 Å². The van der Waals surface area contributed by atoms with Crippen molar-refractivity contribution in [3.8, 4) is 0 Å². The van der Waals surface area contributed by atoms with Crippen LogP contribution in [0.4, 0.5) is 0 Å².